The van der Waals surface area contributed by atoms with Crippen LogP contribution in [0, 0.1) is 5.41 Å². The zero-order valence-electron chi connectivity index (χ0n) is 12.6. The van der Waals surface area contributed by atoms with E-state index in [4.69, 9.17) is 15.2 Å². The van der Waals surface area contributed by atoms with Crippen LogP contribution in [-0.4, -0.2) is 27.4 Å². The van der Waals surface area contributed by atoms with Crippen molar-refractivity contribution in [2.75, 3.05) is 29.4 Å². The van der Waals surface area contributed by atoms with Crippen LogP contribution in [0.3, 0.4) is 0 Å². The first-order valence-corrected chi connectivity index (χ1v) is 8.51. The Morgan fingerprint density at radius 3 is 2.33 bits per heavy atom. The first kappa shape index (κ1) is 15.8. The summed E-state index contributed by atoms with van der Waals surface area (Å²) in [4.78, 5) is 0. The van der Waals surface area contributed by atoms with Gasteiger partial charge in [-0.3, -0.25) is 4.72 Å². The molecule has 1 heterocycles. The van der Waals surface area contributed by atoms with E-state index in [-0.39, 0.29) is 11.2 Å². The van der Waals surface area contributed by atoms with E-state index in [1.807, 2.05) is 20.8 Å². The lowest BCUT2D eigenvalue weighted by atomic mass is 10.0. The minimum Gasteiger partial charge on any atom is -0.489 e. The van der Waals surface area contributed by atoms with Crippen LogP contribution in [-0.2, 0) is 10.0 Å². The van der Waals surface area contributed by atoms with E-state index in [1.165, 1.54) is 0 Å². The molecule has 0 aromatic heterocycles. The minimum atomic E-state index is -3.48. The van der Waals surface area contributed by atoms with E-state index < -0.39 is 10.0 Å². The lowest BCUT2D eigenvalue weighted by Gasteiger charge is -2.20. The van der Waals surface area contributed by atoms with Crippen molar-refractivity contribution >= 4 is 21.4 Å². The predicted molar refractivity (Wildman–Crippen MR) is 83.3 cm³/mol. The molecule has 0 aliphatic carbocycles. The van der Waals surface area contributed by atoms with Crippen LogP contribution in [0.5, 0.6) is 11.5 Å². The van der Waals surface area contributed by atoms with Gasteiger partial charge in [0, 0.05) is 18.6 Å². The summed E-state index contributed by atoms with van der Waals surface area (Å²) in [6.07, 6.45) is 0.777. The number of hydrogen-bond acceptors (Lipinski definition) is 5. The molecule has 6 nitrogen and oxygen atoms in total. The van der Waals surface area contributed by atoms with Crippen LogP contribution in [0.1, 0.15) is 27.2 Å². The second kappa shape index (κ2) is 5.63. The molecule has 3 N–H and O–H groups in total. The van der Waals surface area contributed by atoms with Gasteiger partial charge in [-0.05, 0) is 5.41 Å². The molecule has 1 aliphatic heterocycles. The van der Waals surface area contributed by atoms with E-state index in [0.717, 1.165) is 6.42 Å². The van der Waals surface area contributed by atoms with Crippen LogP contribution in [0.15, 0.2) is 12.1 Å². The fourth-order valence-electron chi connectivity index (χ4n) is 2.09. The van der Waals surface area contributed by atoms with Gasteiger partial charge in [-0.15, -0.1) is 0 Å². The molecule has 1 aliphatic rings. The highest BCUT2D eigenvalue weighted by Crippen LogP contribution is 2.37. The van der Waals surface area contributed by atoms with Crippen molar-refractivity contribution in [3.63, 3.8) is 0 Å². The van der Waals surface area contributed by atoms with E-state index in [0.29, 0.717) is 36.1 Å². The van der Waals surface area contributed by atoms with Gasteiger partial charge in [0.15, 0.2) is 11.5 Å². The van der Waals surface area contributed by atoms with Gasteiger partial charge in [-0.25, -0.2) is 8.42 Å². The highest BCUT2D eigenvalue weighted by atomic mass is 32.2. The lowest BCUT2D eigenvalue weighted by Crippen LogP contribution is -2.26. The number of benzene rings is 1. The summed E-state index contributed by atoms with van der Waals surface area (Å²) in [6.45, 7) is 6.68. The second-order valence-electron chi connectivity index (χ2n) is 6.36. The van der Waals surface area contributed by atoms with Gasteiger partial charge >= 0.3 is 0 Å². The fraction of sp³-hybridized carbons (Fsp3) is 0.571. The molecule has 1 aromatic carbocycles. The highest BCUT2D eigenvalue weighted by molar-refractivity contribution is 7.92. The van der Waals surface area contributed by atoms with E-state index in [1.54, 1.807) is 12.1 Å². The maximum Gasteiger partial charge on any atom is 0.233 e. The Kier molecular flexibility index (Phi) is 4.22. The topological polar surface area (TPSA) is 90.7 Å². The Morgan fingerprint density at radius 1 is 1.19 bits per heavy atom. The molecule has 0 unspecified atom stereocenters. The monoisotopic (exact) mass is 314 g/mol. The van der Waals surface area contributed by atoms with Crippen molar-refractivity contribution in [2.45, 2.75) is 27.2 Å². The molecule has 0 spiro atoms. The maximum absolute atomic E-state index is 12.2. The van der Waals surface area contributed by atoms with E-state index in [2.05, 4.69) is 4.72 Å². The van der Waals surface area contributed by atoms with Gasteiger partial charge in [0.2, 0.25) is 10.0 Å². The number of rotatable bonds is 3. The molecule has 21 heavy (non-hydrogen) atoms. The molecule has 0 radical (unpaired) electrons. The third kappa shape index (κ3) is 4.42. The van der Waals surface area contributed by atoms with Crippen molar-refractivity contribution in [3.8, 4) is 11.5 Å². The Labute approximate surface area is 125 Å². The van der Waals surface area contributed by atoms with Crippen molar-refractivity contribution in [1.29, 1.82) is 0 Å². The van der Waals surface area contributed by atoms with E-state index >= 15 is 0 Å². The summed E-state index contributed by atoms with van der Waals surface area (Å²) < 4.78 is 37.9. The molecule has 0 atom stereocenters. The normalized spacial score (nSPS) is 15.4. The average Bonchev–Trinajstić information content (AvgIpc) is 2.50. The van der Waals surface area contributed by atoms with Gasteiger partial charge in [-0.1, -0.05) is 20.8 Å². The third-order valence-electron chi connectivity index (χ3n) is 2.81. The first-order chi connectivity index (χ1) is 9.66. The van der Waals surface area contributed by atoms with Crippen LogP contribution < -0.4 is 19.9 Å². The SMILES string of the molecule is CC(C)(C)CS(=O)(=O)Nc1cc2c(cc1N)OCCCO2. The van der Waals surface area contributed by atoms with Gasteiger partial charge in [0.25, 0.3) is 0 Å². The number of nitrogen functional groups attached to an aromatic ring is 1. The molecule has 0 amide bonds. The summed E-state index contributed by atoms with van der Waals surface area (Å²) in [5.74, 6) is 1.06. The van der Waals surface area contributed by atoms with Crippen molar-refractivity contribution < 1.29 is 17.9 Å². The molecular weight excluding hydrogens is 292 g/mol. The quantitative estimate of drug-likeness (QED) is 0.835. The molecule has 7 heteroatoms. The second-order valence-corrected chi connectivity index (χ2v) is 8.08. The molecule has 0 saturated carbocycles. The van der Waals surface area contributed by atoms with Crippen LogP contribution in [0.2, 0.25) is 0 Å². The third-order valence-corrected chi connectivity index (χ3v) is 4.59. The molecular formula is C14H22N2O4S. The summed E-state index contributed by atoms with van der Waals surface area (Å²) in [7, 11) is -3.48. The lowest BCUT2D eigenvalue weighted by molar-refractivity contribution is 0.297. The van der Waals surface area contributed by atoms with Crippen molar-refractivity contribution in [1.82, 2.24) is 0 Å². The van der Waals surface area contributed by atoms with Crippen molar-refractivity contribution in [3.05, 3.63) is 12.1 Å². The zero-order valence-corrected chi connectivity index (χ0v) is 13.4. The number of nitrogens with two attached hydrogens (primary N) is 1. The largest absolute Gasteiger partial charge is 0.489 e. The number of nitrogens with one attached hydrogen (secondary N) is 1. The van der Waals surface area contributed by atoms with Gasteiger partial charge in [0.1, 0.15) is 0 Å². The Balaban J connectivity index is 2.26. The molecule has 118 valence electrons. The molecule has 0 bridgehead atoms. The maximum atomic E-state index is 12.2. The zero-order chi connectivity index (χ0) is 15.7. The van der Waals surface area contributed by atoms with Crippen LogP contribution >= 0.6 is 0 Å². The van der Waals surface area contributed by atoms with Crippen molar-refractivity contribution in [2.24, 2.45) is 5.41 Å². The fourth-order valence-corrected chi connectivity index (χ4v) is 3.81. The number of sulfonamides is 1. The average molecular weight is 314 g/mol. The summed E-state index contributed by atoms with van der Waals surface area (Å²) >= 11 is 0. The highest BCUT2D eigenvalue weighted by Gasteiger charge is 2.23. The summed E-state index contributed by atoms with van der Waals surface area (Å²) in [5, 5.41) is 0. The summed E-state index contributed by atoms with van der Waals surface area (Å²) in [6, 6.07) is 3.17. The van der Waals surface area contributed by atoms with Gasteiger partial charge in [0.05, 0.1) is 30.3 Å². The standard InChI is InChI=1S/C14H22N2O4S/c1-14(2,3)9-21(17,18)16-11-8-13-12(7-10(11)15)19-5-4-6-20-13/h7-8,16H,4-6,9,15H2,1-3H3. The van der Waals surface area contributed by atoms with Crippen LogP contribution in [0.25, 0.3) is 0 Å². The predicted octanol–water partition coefficient (Wildman–Crippen LogP) is 2.22. The number of fused-ring (bicyclic) bond motifs is 1. The number of hydrogen-bond donors (Lipinski definition) is 2. The number of anilines is 2. The molecule has 0 saturated heterocycles. The molecule has 0 fully saturated rings. The first-order valence-electron chi connectivity index (χ1n) is 6.86. The Hall–Kier alpha value is -1.63. The van der Waals surface area contributed by atoms with E-state index in [9.17, 15) is 8.42 Å². The van der Waals surface area contributed by atoms with Gasteiger partial charge in [-0.2, -0.15) is 0 Å². The Morgan fingerprint density at radius 2 is 1.76 bits per heavy atom. The molecule has 1 aromatic rings. The Bertz CT molecular complexity index is 621. The molecule has 2 rings (SSSR count). The van der Waals surface area contributed by atoms with Gasteiger partial charge < -0.3 is 15.2 Å². The number of ether oxygens (including phenoxy) is 2. The van der Waals surface area contributed by atoms with Crippen LogP contribution in [0.4, 0.5) is 11.4 Å². The summed E-state index contributed by atoms with van der Waals surface area (Å²) in [5.41, 5.74) is 6.20. The smallest absolute Gasteiger partial charge is 0.233 e. The minimum absolute atomic E-state index is 0.00782.